The molecule has 0 aliphatic rings. The number of rotatable bonds is 7. The Morgan fingerprint density at radius 2 is 1.94 bits per heavy atom. The zero-order valence-electron chi connectivity index (χ0n) is 9.63. The van der Waals surface area contributed by atoms with Crippen molar-refractivity contribution in [2.75, 3.05) is 12.4 Å². The number of hydrogen-bond donors (Lipinski definition) is 1. The van der Waals surface area contributed by atoms with Gasteiger partial charge in [-0.15, -0.1) is 11.6 Å². The molecule has 0 aliphatic carbocycles. The van der Waals surface area contributed by atoms with Gasteiger partial charge < -0.3 is 0 Å². The number of benzene rings is 1. The lowest BCUT2D eigenvalue weighted by molar-refractivity contribution is 0.573. The minimum atomic E-state index is -3.76. The second kappa shape index (κ2) is 7.28. The third-order valence-corrected chi connectivity index (χ3v) is 4.50. The summed E-state index contributed by atoms with van der Waals surface area (Å²) in [6.45, 7) is 0.284. The molecule has 1 N–H and O–H groups in total. The number of hydrogen-bond acceptors (Lipinski definition) is 2. The number of unbranched alkanes of at least 4 members (excludes halogenated alkanes) is 2. The molecule has 0 fully saturated rings. The molecule has 0 amide bonds. The van der Waals surface area contributed by atoms with Gasteiger partial charge in [-0.25, -0.2) is 17.5 Å². The predicted molar refractivity (Wildman–Crippen MR) is 71.2 cm³/mol. The van der Waals surface area contributed by atoms with Crippen LogP contribution in [0, 0.1) is 5.82 Å². The molecule has 7 heteroatoms. The molecule has 1 aromatic carbocycles. The van der Waals surface area contributed by atoms with E-state index in [1.807, 2.05) is 0 Å². The zero-order chi connectivity index (χ0) is 13.6. The molecule has 0 saturated carbocycles. The van der Waals surface area contributed by atoms with E-state index in [0.29, 0.717) is 12.3 Å². The Morgan fingerprint density at radius 1 is 1.22 bits per heavy atom. The normalized spacial score (nSPS) is 11.7. The van der Waals surface area contributed by atoms with E-state index in [-0.39, 0.29) is 16.5 Å². The Labute approximate surface area is 116 Å². The van der Waals surface area contributed by atoms with Crippen molar-refractivity contribution in [1.82, 2.24) is 4.72 Å². The van der Waals surface area contributed by atoms with Gasteiger partial charge >= 0.3 is 0 Å². The van der Waals surface area contributed by atoms with Crippen LogP contribution < -0.4 is 4.72 Å². The minimum Gasteiger partial charge on any atom is -0.211 e. The van der Waals surface area contributed by atoms with Crippen molar-refractivity contribution in [3.05, 3.63) is 29.0 Å². The molecule has 1 rings (SSSR count). The molecule has 0 heterocycles. The lowest BCUT2D eigenvalue weighted by Crippen LogP contribution is -2.25. The highest BCUT2D eigenvalue weighted by molar-refractivity contribution is 7.89. The number of halogens is 3. The highest BCUT2D eigenvalue weighted by atomic mass is 35.5. The van der Waals surface area contributed by atoms with Crippen molar-refractivity contribution in [2.24, 2.45) is 0 Å². The molecule has 1 aromatic rings. The standard InChI is InChI=1S/C11H14Cl2FNO2S/c12-6-2-1-3-7-15-18(16,17)11-8-9(14)4-5-10(11)13/h4-5,8,15H,1-3,6-7H2. The second-order valence-electron chi connectivity index (χ2n) is 3.72. The first-order valence-corrected chi connectivity index (χ1v) is 7.87. The molecule has 0 saturated heterocycles. The van der Waals surface area contributed by atoms with Crippen LogP contribution >= 0.6 is 23.2 Å². The van der Waals surface area contributed by atoms with Crippen molar-refractivity contribution in [3.8, 4) is 0 Å². The molecular weight excluding hydrogens is 300 g/mol. The van der Waals surface area contributed by atoms with Crippen LogP contribution in [0.3, 0.4) is 0 Å². The largest absolute Gasteiger partial charge is 0.242 e. The van der Waals surface area contributed by atoms with Gasteiger partial charge in [-0.05, 0) is 31.0 Å². The summed E-state index contributed by atoms with van der Waals surface area (Å²) >= 11 is 11.2. The van der Waals surface area contributed by atoms with E-state index in [2.05, 4.69) is 4.72 Å². The summed E-state index contributed by atoms with van der Waals surface area (Å²) in [5, 5.41) is 0.00431. The summed E-state index contributed by atoms with van der Waals surface area (Å²) < 4.78 is 39.1. The van der Waals surface area contributed by atoms with E-state index in [0.717, 1.165) is 25.0 Å². The van der Waals surface area contributed by atoms with Crippen molar-refractivity contribution < 1.29 is 12.8 Å². The van der Waals surface area contributed by atoms with Gasteiger partial charge in [0, 0.05) is 12.4 Å². The van der Waals surface area contributed by atoms with Crippen LogP contribution in [0.25, 0.3) is 0 Å². The average molecular weight is 314 g/mol. The topological polar surface area (TPSA) is 46.2 Å². The zero-order valence-corrected chi connectivity index (χ0v) is 12.0. The van der Waals surface area contributed by atoms with E-state index in [4.69, 9.17) is 23.2 Å². The van der Waals surface area contributed by atoms with E-state index in [9.17, 15) is 12.8 Å². The maximum absolute atomic E-state index is 13.0. The van der Waals surface area contributed by atoms with Crippen molar-refractivity contribution >= 4 is 33.2 Å². The summed E-state index contributed by atoms with van der Waals surface area (Å²) in [6, 6.07) is 3.24. The first-order valence-electron chi connectivity index (χ1n) is 5.48. The Morgan fingerprint density at radius 3 is 2.61 bits per heavy atom. The van der Waals surface area contributed by atoms with Crippen LogP contribution in [0.5, 0.6) is 0 Å². The summed E-state index contributed by atoms with van der Waals surface area (Å²) in [6.07, 6.45) is 2.35. The molecule has 18 heavy (non-hydrogen) atoms. The van der Waals surface area contributed by atoms with Crippen LogP contribution in [-0.4, -0.2) is 20.8 Å². The number of nitrogens with one attached hydrogen (secondary N) is 1. The SMILES string of the molecule is O=S(=O)(NCCCCCCl)c1cc(F)ccc1Cl. The van der Waals surface area contributed by atoms with E-state index < -0.39 is 15.8 Å². The first kappa shape index (κ1) is 15.7. The second-order valence-corrected chi connectivity index (χ2v) is 6.24. The van der Waals surface area contributed by atoms with E-state index in [1.54, 1.807) is 0 Å². The van der Waals surface area contributed by atoms with Gasteiger partial charge in [0.1, 0.15) is 10.7 Å². The van der Waals surface area contributed by atoms with Crippen LogP contribution in [0.4, 0.5) is 4.39 Å². The first-order chi connectivity index (χ1) is 8.47. The Bertz CT molecular complexity index is 494. The van der Waals surface area contributed by atoms with Crippen LogP contribution in [0.2, 0.25) is 5.02 Å². The Kier molecular flexibility index (Phi) is 6.35. The van der Waals surface area contributed by atoms with Gasteiger partial charge in [0.25, 0.3) is 0 Å². The molecule has 0 spiro atoms. The van der Waals surface area contributed by atoms with Gasteiger partial charge in [0.15, 0.2) is 0 Å². The van der Waals surface area contributed by atoms with E-state index in [1.165, 1.54) is 6.07 Å². The van der Waals surface area contributed by atoms with Gasteiger partial charge in [0.2, 0.25) is 10.0 Å². The molecule has 0 unspecified atom stereocenters. The van der Waals surface area contributed by atoms with E-state index >= 15 is 0 Å². The summed E-state index contributed by atoms with van der Waals surface area (Å²) in [5.74, 6) is -0.0791. The van der Waals surface area contributed by atoms with Crippen LogP contribution in [0.1, 0.15) is 19.3 Å². The van der Waals surface area contributed by atoms with Gasteiger partial charge in [-0.2, -0.15) is 0 Å². The third-order valence-electron chi connectivity index (χ3n) is 2.29. The van der Waals surface area contributed by atoms with Crippen molar-refractivity contribution in [1.29, 1.82) is 0 Å². The quantitative estimate of drug-likeness (QED) is 0.621. The molecule has 0 bridgehead atoms. The Balaban J connectivity index is 2.66. The van der Waals surface area contributed by atoms with Crippen LogP contribution in [0.15, 0.2) is 23.1 Å². The lowest BCUT2D eigenvalue weighted by atomic mass is 10.2. The highest BCUT2D eigenvalue weighted by Gasteiger charge is 2.17. The van der Waals surface area contributed by atoms with Crippen LogP contribution in [-0.2, 0) is 10.0 Å². The molecule has 0 aromatic heterocycles. The molecular formula is C11H14Cl2FNO2S. The molecule has 0 aliphatic heterocycles. The Hall–Kier alpha value is -0.360. The predicted octanol–water partition coefficient (Wildman–Crippen LogP) is 3.17. The lowest BCUT2D eigenvalue weighted by Gasteiger charge is -2.08. The number of alkyl halides is 1. The summed E-state index contributed by atoms with van der Waals surface area (Å²) in [4.78, 5) is -0.235. The minimum absolute atomic E-state index is 0.00431. The van der Waals surface area contributed by atoms with Gasteiger partial charge in [-0.3, -0.25) is 0 Å². The molecule has 0 radical (unpaired) electrons. The molecule has 102 valence electrons. The molecule has 0 atom stereocenters. The number of sulfonamides is 1. The smallest absolute Gasteiger partial charge is 0.211 e. The maximum atomic E-state index is 13.0. The van der Waals surface area contributed by atoms with Gasteiger partial charge in [0.05, 0.1) is 5.02 Å². The summed E-state index contributed by atoms with van der Waals surface area (Å²) in [5.41, 5.74) is 0. The maximum Gasteiger partial charge on any atom is 0.242 e. The fourth-order valence-corrected chi connectivity index (χ4v) is 3.14. The highest BCUT2D eigenvalue weighted by Crippen LogP contribution is 2.21. The fourth-order valence-electron chi connectivity index (χ4n) is 1.36. The van der Waals surface area contributed by atoms with Crippen molar-refractivity contribution in [2.45, 2.75) is 24.2 Å². The third kappa shape index (κ3) is 4.72. The molecule has 3 nitrogen and oxygen atoms in total. The monoisotopic (exact) mass is 313 g/mol. The van der Waals surface area contributed by atoms with Crippen molar-refractivity contribution in [3.63, 3.8) is 0 Å². The van der Waals surface area contributed by atoms with Gasteiger partial charge in [-0.1, -0.05) is 18.0 Å². The average Bonchev–Trinajstić information content (AvgIpc) is 2.32. The summed E-state index contributed by atoms with van der Waals surface area (Å²) in [7, 11) is -3.76. The fraction of sp³-hybridized carbons (Fsp3) is 0.455.